The molecule has 1 aliphatic carbocycles. The smallest absolute Gasteiger partial charge is 0.311 e. The van der Waals surface area contributed by atoms with Crippen molar-refractivity contribution in [3.05, 3.63) is 84.7 Å². The second-order valence-corrected chi connectivity index (χ2v) is 10.9. The normalized spacial score (nSPS) is 14.7. The van der Waals surface area contributed by atoms with E-state index in [1.807, 2.05) is 30.3 Å². The zero-order chi connectivity index (χ0) is 24.7. The third-order valence-corrected chi connectivity index (χ3v) is 7.81. The van der Waals surface area contributed by atoms with E-state index in [-0.39, 0.29) is 28.5 Å². The summed E-state index contributed by atoms with van der Waals surface area (Å²) in [6.45, 7) is 0. The number of hydrogen-bond donors (Lipinski definition) is 2. The molecule has 0 bridgehead atoms. The highest BCUT2D eigenvalue weighted by Gasteiger charge is 2.31. The van der Waals surface area contributed by atoms with Crippen molar-refractivity contribution in [1.29, 1.82) is 0 Å². The number of carbonyl (C=O) groups excluding carboxylic acids is 1. The topological polar surface area (TPSA) is 137 Å². The molecule has 1 saturated carbocycles. The van der Waals surface area contributed by atoms with E-state index in [2.05, 4.69) is 10.3 Å². The van der Waals surface area contributed by atoms with Gasteiger partial charge in [-0.3, -0.25) is 9.78 Å². The molecule has 0 saturated heterocycles. The lowest BCUT2D eigenvalue weighted by atomic mass is 9.83. The molecular formula is C26H30BN2O6S. The standard InChI is InChI=1S/C26H28BN2O5S.H2O/c30-26(29-25(27-31)17-20-6-7-20)21(16-19-4-2-1-3-5-19)18-35(32,33)24-10-8-22(9-11-24)34-23-12-14-28-15-13-23;/h1-5,8-15,20-21,25,31H,6-7,16-18H2,(H,29,30);1H2/t21-,25+;/m1./s1. The van der Waals surface area contributed by atoms with Gasteiger partial charge in [0.15, 0.2) is 9.84 Å². The average molecular weight is 509 g/mol. The summed E-state index contributed by atoms with van der Waals surface area (Å²) >= 11 is 0. The number of rotatable bonds is 12. The Balaban J connectivity index is 0.00000361. The fraction of sp³-hybridized carbons (Fsp3) is 0.308. The van der Waals surface area contributed by atoms with E-state index in [9.17, 15) is 18.2 Å². The highest BCUT2D eigenvalue weighted by molar-refractivity contribution is 7.91. The summed E-state index contributed by atoms with van der Waals surface area (Å²) in [6, 6.07) is 18.9. The van der Waals surface area contributed by atoms with Gasteiger partial charge in [0, 0.05) is 18.3 Å². The molecule has 0 unspecified atom stereocenters. The molecule has 1 aromatic heterocycles. The number of carbonyl (C=O) groups is 1. The lowest BCUT2D eigenvalue weighted by molar-refractivity contribution is -0.124. The molecule has 4 rings (SSSR count). The molecule has 2 atom stereocenters. The summed E-state index contributed by atoms with van der Waals surface area (Å²) in [5.41, 5.74) is 0.871. The Labute approximate surface area is 212 Å². The molecule has 36 heavy (non-hydrogen) atoms. The molecule has 189 valence electrons. The van der Waals surface area contributed by atoms with E-state index in [4.69, 9.17) is 4.74 Å². The molecule has 1 amide bonds. The van der Waals surface area contributed by atoms with Crippen LogP contribution in [0, 0.1) is 11.8 Å². The van der Waals surface area contributed by atoms with Crippen LogP contribution in [0.3, 0.4) is 0 Å². The van der Waals surface area contributed by atoms with Crippen molar-refractivity contribution >= 4 is 23.2 Å². The highest BCUT2D eigenvalue weighted by atomic mass is 32.2. The van der Waals surface area contributed by atoms with Crippen molar-refractivity contribution in [3.63, 3.8) is 0 Å². The number of hydrogen-bond acceptors (Lipinski definition) is 6. The number of pyridine rings is 1. The van der Waals surface area contributed by atoms with Gasteiger partial charge in [0.05, 0.1) is 16.6 Å². The van der Waals surface area contributed by atoms with Gasteiger partial charge in [-0.15, -0.1) is 0 Å². The number of sulfone groups is 1. The SMILES string of the molecule is O.O=C(N[C@H]([B]O)CC1CC1)[C@H](Cc1ccccc1)CS(=O)(=O)c1ccc(Oc2ccncc2)cc1. The lowest BCUT2D eigenvalue weighted by Crippen LogP contribution is -2.45. The zero-order valence-corrected chi connectivity index (χ0v) is 20.6. The summed E-state index contributed by atoms with van der Waals surface area (Å²) in [7, 11) is -2.77. The summed E-state index contributed by atoms with van der Waals surface area (Å²) in [6.07, 6.45) is 6.32. The second kappa shape index (κ2) is 12.7. The van der Waals surface area contributed by atoms with Gasteiger partial charge >= 0.3 is 7.48 Å². The van der Waals surface area contributed by atoms with E-state index in [1.165, 1.54) is 12.1 Å². The predicted octanol–water partition coefficient (Wildman–Crippen LogP) is 2.54. The van der Waals surface area contributed by atoms with Gasteiger partial charge < -0.3 is 20.6 Å². The molecule has 2 aromatic carbocycles. The van der Waals surface area contributed by atoms with Crippen LogP contribution in [0.25, 0.3) is 0 Å². The van der Waals surface area contributed by atoms with Crippen molar-refractivity contribution in [1.82, 2.24) is 10.3 Å². The van der Waals surface area contributed by atoms with Crippen LogP contribution in [0.2, 0.25) is 0 Å². The maximum Gasteiger partial charge on any atom is 0.311 e. The fourth-order valence-corrected chi connectivity index (χ4v) is 5.46. The molecule has 0 aliphatic heterocycles. The first-order chi connectivity index (χ1) is 16.9. The Morgan fingerprint density at radius 3 is 2.28 bits per heavy atom. The summed E-state index contributed by atoms with van der Waals surface area (Å²) in [4.78, 5) is 17.2. The highest BCUT2D eigenvalue weighted by Crippen LogP contribution is 2.33. The van der Waals surface area contributed by atoms with Crippen molar-refractivity contribution in [2.24, 2.45) is 11.8 Å². The van der Waals surface area contributed by atoms with Crippen LogP contribution < -0.4 is 10.1 Å². The molecule has 1 heterocycles. The van der Waals surface area contributed by atoms with Crippen LogP contribution in [0.15, 0.2) is 84.0 Å². The number of nitrogens with zero attached hydrogens (tertiary/aromatic N) is 1. The molecule has 3 aromatic rings. The zero-order valence-electron chi connectivity index (χ0n) is 19.8. The van der Waals surface area contributed by atoms with Gasteiger partial charge in [-0.2, -0.15) is 0 Å². The number of ether oxygens (including phenoxy) is 1. The van der Waals surface area contributed by atoms with Crippen LogP contribution in [-0.4, -0.2) is 49.0 Å². The van der Waals surface area contributed by atoms with Crippen LogP contribution in [0.5, 0.6) is 11.5 Å². The maximum absolute atomic E-state index is 13.3. The van der Waals surface area contributed by atoms with Crippen LogP contribution in [0.1, 0.15) is 24.8 Å². The van der Waals surface area contributed by atoms with Gasteiger partial charge in [0.2, 0.25) is 5.91 Å². The monoisotopic (exact) mass is 509 g/mol. The molecule has 8 nitrogen and oxygen atoms in total. The number of benzene rings is 2. The van der Waals surface area contributed by atoms with Gasteiger partial charge in [-0.25, -0.2) is 8.42 Å². The van der Waals surface area contributed by atoms with Crippen LogP contribution in [0.4, 0.5) is 0 Å². The van der Waals surface area contributed by atoms with E-state index < -0.39 is 21.7 Å². The molecule has 1 aliphatic rings. The Morgan fingerprint density at radius 1 is 1.03 bits per heavy atom. The third-order valence-electron chi connectivity index (χ3n) is 5.98. The van der Waals surface area contributed by atoms with E-state index in [0.717, 1.165) is 25.9 Å². The van der Waals surface area contributed by atoms with E-state index >= 15 is 0 Å². The first-order valence-electron chi connectivity index (χ1n) is 11.7. The quantitative estimate of drug-likeness (QED) is 0.360. The van der Waals surface area contributed by atoms with Crippen molar-refractivity contribution in [2.45, 2.75) is 36.5 Å². The first-order valence-corrected chi connectivity index (χ1v) is 13.3. The Bertz CT molecular complexity index is 1210. The van der Waals surface area contributed by atoms with Crippen LogP contribution in [-0.2, 0) is 21.1 Å². The third kappa shape index (κ3) is 7.91. The molecular weight excluding hydrogens is 479 g/mol. The van der Waals surface area contributed by atoms with Gasteiger partial charge in [-0.1, -0.05) is 43.2 Å². The van der Waals surface area contributed by atoms with Crippen LogP contribution >= 0.6 is 0 Å². The predicted molar refractivity (Wildman–Crippen MR) is 137 cm³/mol. The summed E-state index contributed by atoms with van der Waals surface area (Å²) in [5, 5.41) is 12.4. The largest absolute Gasteiger partial charge is 0.457 e. The van der Waals surface area contributed by atoms with Gasteiger partial charge in [-0.05, 0) is 60.7 Å². The summed E-state index contributed by atoms with van der Waals surface area (Å²) in [5.74, 6) is -0.442. The first kappa shape index (κ1) is 27.4. The number of aromatic nitrogens is 1. The second-order valence-electron chi connectivity index (χ2n) is 8.87. The Hall–Kier alpha value is -3.21. The van der Waals surface area contributed by atoms with Crippen molar-refractivity contribution in [3.8, 4) is 11.5 Å². The molecule has 1 fully saturated rings. The molecule has 10 heteroatoms. The summed E-state index contributed by atoms with van der Waals surface area (Å²) < 4.78 is 32.2. The minimum absolute atomic E-state index is 0. The van der Waals surface area contributed by atoms with Crippen molar-refractivity contribution < 1.29 is 28.4 Å². The molecule has 1 radical (unpaired) electrons. The fourth-order valence-electron chi connectivity index (χ4n) is 3.91. The molecule has 0 spiro atoms. The maximum atomic E-state index is 13.3. The minimum atomic E-state index is -3.77. The van der Waals surface area contributed by atoms with Gasteiger partial charge in [0.25, 0.3) is 0 Å². The molecule has 4 N–H and O–H groups in total. The number of amides is 1. The van der Waals surface area contributed by atoms with Crippen molar-refractivity contribution in [2.75, 3.05) is 5.75 Å². The Kier molecular flexibility index (Phi) is 9.63. The van der Waals surface area contributed by atoms with E-state index in [0.29, 0.717) is 23.8 Å². The van der Waals surface area contributed by atoms with Gasteiger partial charge in [0.1, 0.15) is 11.5 Å². The Morgan fingerprint density at radius 2 is 1.67 bits per heavy atom. The average Bonchev–Trinajstić information content (AvgIpc) is 3.69. The lowest BCUT2D eigenvalue weighted by Gasteiger charge is -2.21. The number of nitrogens with one attached hydrogen (secondary N) is 1. The van der Waals surface area contributed by atoms with E-state index in [1.54, 1.807) is 36.7 Å². The minimum Gasteiger partial charge on any atom is -0.457 e.